The van der Waals surface area contributed by atoms with E-state index in [9.17, 15) is 0 Å². The maximum absolute atomic E-state index is 5.63. The molecule has 1 aliphatic rings. The summed E-state index contributed by atoms with van der Waals surface area (Å²) in [6, 6.07) is 0. The first-order chi connectivity index (χ1) is 5.86. The van der Waals surface area contributed by atoms with Crippen molar-refractivity contribution >= 4 is 0 Å². The Hall–Kier alpha value is -0.520. The van der Waals surface area contributed by atoms with Crippen LogP contribution in [0.25, 0.3) is 0 Å². The topological polar surface area (TPSA) is 29.3 Å². The standard InChI is InChI=1S/C10H18N2/c1-2-3-6-12-7-4-5-10(8-11)9-12/h10H,4-9,11H2,1H3. The number of hydrogen-bond donors (Lipinski definition) is 1. The van der Waals surface area contributed by atoms with Gasteiger partial charge in [0.1, 0.15) is 0 Å². The Morgan fingerprint density at radius 1 is 1.58 bits per heavy atom. The maximum Gasteiger partial charge on any atom is 0.0601 e. The molecule has 1 aliphatic heterocycles. The van der Waals surface area contributed by atoms with Gasteiger partial charge in [0.05, 0.1) is 6.54 Å². The molecule has 0 saturated carbocycles. The van der Waals surface area contributed by atoms with Gasteiger partial charge < -0.3 is 5.73 Å². The van der Waals surface area contributed by atoms with Gasteiger partial charge in [0.25, 0.3) is 0 Å². The highest BCUT2D eigenvalue weighted by molar-refractivity contribution is 4.98. The van der Waals surface area contributed by atoms with E-state index in [0.29, 0.717) is 5.92 Å². The number of nitrogens with zero attached hydrogens (tertiary/aromatic N) is 1. The Kier molecular flexibility index (Phi) is 4.13. The van der Waals surface area contributed by atoms with Crippen molar-refractivity contribution in [1.29, 1.82) is 0 Å². The third-order valence-corrected chi connectivity index (χ3v) is 2.42. The molecule has 0 aromatic heterocycles. The first-order valence-electron chi connectivity index (χ1n) is 4.69. The van der Waals surface area contributed by atoms with Gasteiger partial charge in [-0.2, -0.15) is 0 Å². The van der Waals surface area contributed by atoms with E-state index in [1.54, 1.807) is 0 Å². The minimum absolute atomic E-state index is 0.706. The molecule has 0 bridgehead atoms. The van der Waals surface area contributed by atoms with E-state index in [0.717, 1.165) is 19.6 Å². The van der Waals surface area contributed by atoms with E-state index in [4.69, 9.17) is 5.73 Å². The minimum Gasteiger partial charge on any atom is -0.330 e. The molecule has 1 atom stereocenters. The molecule has 1 fully saturated rings. The molecule has 1 rings (SSSR count). The highest BCUT2D eigenvalue weighted by Gasteiger charge is 2.17. The van der Waals surface area contributed by atoms with E-state index in [1.165, 1.54) is 19.4 Å². The summed E-state index contributed by atoms with van der Waals surface area (Å²) in [5, 5.41) is 0. The van der Waals surface area contributed by atoms with Crippen molar-refractivity contribution in [1.82, 2.24) is 4.90 Å². The predicted molar refractivity (Wildman–Crippen MR) is 51.7 cm³/mol. The zero-order chi connectivity index (χ0) is 8.81. The van der Waals surface area contributed by atoms with Crippen LogP contribution in [0.15, 0.2) is 0 Å². The van der Waals surface area contributed by atoms with E-state index < -0.39 is 0 Å². The van der Waals surface area contributed by atoms with Crippen LogP contribution in [0.4, 0.5) is 0 Å². The van der Waals surface area contributed by atoms with E-state index in [1.807, 2.05) is 6.92 Å². The monoisotopic (exact) mass is 166 g/mol. The van der Waals surface area contributed by atoms with Gasteiger partial charge in [-0.3, -0.25) is 4.90 Å². The van der Waals surface area contributed by atoms with Gasteiger partial charge in [0, 0.05) is 6.54 Å². The molecule has 0 spiro atoms. The lowest BCUT2D eigenvalue weighted by atomic mass is 9.98. The second-order valence-corrected chi connectivity index (χ2v) is 3.41. The molecule has 1 unspecified atom stereocenters. The second-order valence-electron chi connectivity index (χ2n) is 3.41. The van der Waals surface area contributed by atoms with Gasteiger partial charge in [-0.05, 0) is 38.8 Å². The smallest absolute Gasteiger partial charge is 0.0601 e. The van der Waals surface area contributed by atoms with E-state index >= 15 is 0 Å². The zero-order valence-corrected chi connectivity index (χ0v) is 7.84. The van der Waals surface area contributed by atoms with Gasteiger partial charge in [0.15, 0.2) is 0 Å². The molecule has 12 heavy (non-hydrogen) atoms. The van der Waals surface area contributed by atoms with Crippen LogP contribution in [0.2, 0.25) is 0 Å². The van der Waals surface area contributed by atoms with Gasteiger partial charge in [-0.1, -0.05) is 5.92 Å². The molecular weight excluding hydrogens is 148 g/mol. The van der Waals surface area contributed by atoms with Crippen molar-refractivity contribution < 1.29 is 0 Å². The minimum atomic E-state index is 0.706. The fourth-order valence-corrected chi connectivity index (χ4v) is 1.68. The number of piperidine rings is 1. The molecule has 0 radical (unpaired) electrons. The van der Waals surface area contributed by atoms with Gasteiger partial charge in [0.2, 0.25) is 0 Å². The SMILES string of the molecule is CC#CCN1CCCC(CN)C1. The van der Waals surface area contributed by atoms with Crippen LogP contribution in [-0.4, -0.2) is 31.1 Å². The molecule has 1 heterocycles. The summed E-state index contributed by atoms with van der Waals surface area (Å²) < 4.78 is 0. The van der Waals surface area contributed by atoms with Crippen LogP contribution in [0.5, 0.6) is 0 Å². The molecule has 2 nitrogen and oxygen atoms in total. The Balaban J connectivity index is 2.28. The average molecular weight is 166 g/mol. The normalized spacial score (nSPS) is 24.7. The molecule has 68 valence electrons. The van der Waals surface area contributed by atoms with Gasteiger partial charge in [-0.25, -0.2) is 0 Å². The Labute approximate surface area is 75.1 Å². The first kappa shape index (κ1) is 9.57. The lowest BCUT2D eigenvalue weighted by molar-refractivity contribution is 0.197. The lowest BCUT2D eigenvalue weighted by Crippen LogP contribution is -2.38. The second kappa shape index (κ2) is 5.18. The third kappa shape index (κ3) is 2.84. The molecule has 0 aliphatic carbocycles. The number of rotatable bonds is 2. The molecular formula is C10H18N2. The summed E-state index contributed by atoms with van der Waals surface area (Å²) in [4.78, 5) is 2.40. The Morgan fingerprint density at radius 3 is 3.08 bits per heavy atom. The van der Waals surface area contributed by atoms with Crippen LogP contribution in [0.1, 0.15) is 19.8 Å². The van der Waals surface area contributed by atoms with Crippen molar-refractivity contribution in [3.63, 3.8) is 0 Å². The quantitative estimate of drug-likeness (QED) is 0.611. The summed E-state index contributed by atoms with van der Waals surface area (Å²) in [7, 11) is 0. The van der Waals surface area contributed by atoms with Crippen molar-refractivity contribution in [2.45, 2.75) is 19.8 Å². The summed E-state index contributed by atoms with van der Waals surface area (Å²) in [5.74, 6) is 6.73. The highest BCUT2D eigenvalue weighted by Crippen LogP contribution is 2.14. The fraction of sp³-hybridized carbons (Fsp3) is 0.800. The van der Waals surface area contributed by atoms with Crippen LogP contribution in [-0.2, 0) is 0 Å². The van der Waals surface area contributed by atoms with Crippen LogP contribution >= 0.6 is 0 Å². The highest BCUT2D eigenvalue weighted by atomic mass is 15.1. The lowest BCUT2D eigenvalue weighted by Gasteiger charge is -2.30. The summed E-state index contributed by atoms with van der Waals surface area (Å²) in [6.45, 7) is 5.99. The van der Waals surface area contributed by atoms with Crippen molar-refractivity contribution in [2.24, 2.45) is 11.7 Å². The summed E-state index contributed by atoms with van der Waals surface area (Å²) in [5.41, 5.74) is 5.63. The predicted octanol–water partition coefficient (Wildman–Crippen LogP) is 0.680. The molecule has 2 N–H and O–H groups in total. The Bertz CT molecular complexity index is 178. The summed E-state index contributed by atoms with van der Waals surface area (Å²) in [6.07, 6.45) is 2.58. The van der Waals surface area contributed by atoms with Crippen LogP contribution in [0.3, 0.4) is 0 Å². The first-order valence-corrected chi connectivity index (χ1v) is 4.69. The number of likely N-dealkylation sites (tertiary alicyclic amines) is 1. The van der Waals surface area contributed by atoms with Crippen molar-refractivity contribution in [2.75, 3.05) is 26.2 Å². The maximum atomic E-state index is 5.63. The van der Waals surface area contributed by atoms with E-state index in [2.05, 4.69) is 16.7 Å². The summed E-state index contributed by atoms with van der Waals surface area (Å²) >= 11 is 0. The molecule has 2 heteroatoms. The molecule has 0 aromatic carbocycles. The fourth-order valence-electron chi connectivity index (χ4n) is 1.68. The van der Waals surface area contributed by atoms with Crippen LogP contribution in [0, 0.1) is 17.8 Å². The van der Waals surface area contributed by atoms with E-state index in [-0.39, 0.29) is 0 Å². The van der Waals surface area contributed by atoms with Gasteiger partial charge >= 0.3 is 0 Å². The van der Waals surface area contributed by atoms with Crippen molar-refractivity contribution in [3.05, 3.63) is 0 Å². The van der Waals surface area contributed by atoms with Crippen LogP contribution < -0.4 is 5.73 Å². The third-order valence-electron chi connectivity index (χ3n) is 2.42. The zero-order valence-electron chi connectivity index (χ0n) is 7.84. The molecule has 0 amide bonds. The largest absolute Gasteiger partial charge is 0.330 e. The Morgan fingerprint density at radius 2 is 2.42 bits per heavy atom. The molecule has 1 saturated heterocycles. The number of hydrogen-bond acceptors (Lipinski definition) is 2. The molecule has 0 aromatic rings. The van der Waals surface area contributed by atoms with Gasteiger partial charge in [-0.15, -0.1) is 5.92 Å². The van der Waals surface area contributed by atoms with Crippen molar-refractivity contribution in [3.8, 4) is 11.8 Å². The number of nitrogens with two attached hydrogens (primary N) is 1. The average Bonchev–Trinajstić information content (AvgIpc) is 2.15.